The van der Waals surface area contributed by atoms with Gasteiger partial charge in [-0.2, -0.15) is 0 Å². The van der Waals surface area contributed by atoms with Crippen molar-refractivity contribution in [3.63, 3.8) is 0 Å². The molecule has 392 valence electrons. The van der Waals surface area contributed by atoms with Gasteiger partial charge in [-0.3, -0.25) is 18.6 Å². The third-order valence-corrected chi connectivity index (χ3v) is 13.9. The summed E-state index contributed by atoms with van der Waals surface area (Å²) < 4.78 is 32.9. The minimum Gasteiger partial charge on any atom is -0.462 e. The van der Waals surface area contributed by atoms with Gasteiger partial charge in [0.25, 0.3) is 0 Å². The number of carbonyl (C=O) groups excluding carboxylic acids is 2. The van der Waals surface area contributed by atoms with Gasteiger partial charge in [-0.25, -0.2) is 4.57 Å². The van der Waals surface area contributed by atoms with Crippen LogP contribution in [0.25, 0.3) is 0 Å². The van der Waals surface area contributed by atoms with Gasteiger partial charge in [0.1, 0.15) is 6.61 Å². The van der Waals surface area contributed by atoms with Gasteiger partial charge in [0.15, 0.2) is 6.10 Å². The van der Waals surface area contributed by atoms with Gasteiger partial charge in [-0.1, -0.05) is 264 Å². The molecule has 0 saturated carbocycles. The van der Waals surface area contributed by atoms with Crippen LogP contribution in [-0.4, -0.2) is 49.3 Å². The standard InChI is InChI=1S/C56H110NO8P/c1-3-5-7-9-11-13-15-17-19-20-21-22-23-24-25-26-27-28-29-30-31-32-33-34-35-37-38-40-42-44-46-48-55(58)62-52-54(53-64-66(60,61)63-51-50-57)65-56(59)49-47-45-43-41-39-36-18-16-14-12-10-8-6-4-2/h16,18,54H,3-15,17,19-53,57H2,1-2H3,(H,60,61)/b18-16-. The Hall–Kier alpha value is -1.25. The third-order valence-electron chi connectivity index (χ3n) is 12.9. The molecule has 0 spiro atoms. The molecule has 0 heterocycles. The largest absolute Gasteiger partial charge is 0.472 e. The average Bonchev–Trinajstić information content (AvgIpc) is 3.31. The number of ether oxygens (including phenoxy) is 2. The Labute approximate surface area is 409 Å². The summed E-state index contributed by atoms with van der Waals surface area (Å²) in [6, 6.07) is 0. The first-order valence-electron chi connectivity index (χ1n) is 28.7. The summed E-state index contributed by atoms with van der Waals surface area (Å²) >= 11 is 0. The minimum absolute atomic E-state index is 0.0551. The number of phosphoric ester groups is 1. The maximum atomic E-state index is 12.6. The highest BCUT2D eigenvalue weighted by Crippen LogP contribution is 2.43. The first-order valence-corrected chi connectivity index (χ1v) is 30.2. The quantitative estimate of drug-likeness (QED) is 0.0264. The zero-order valence-corrected chi connectivity index (χ0v) is 44.6. The molecule has 0 aliphatic heterocycles. The predicted molar refractivity (Wildman–Crippen MR) is 280 cm³/mol. The van der Waals surface area contributed by atoms with E-state index in [1.807, 2.05) is 0 Å². The van der Waals surface area contributed by atoms with Gasteiger partial charge < -0.3 is 20.1 Å². The minimum atomic E-state index is -4.38. The topological polar surface area (TPSA) is 134 Å². The van der Waals surface area contributed by atoms with E-state index in [4.69, 9.17) is 24.3 Å². The second-order valence-corrected chi connectivity index (χ2v) is 21.0. The highest BCUT2D eigenvalue weighted by atomic mass is 31.2. The number of carbonyl (C=O) groups is 2. The third kappa shape index (κ3) is 52.1. The van der Waals surface area contributed by atoms with Gasteiger partial charge >= 0.3 is 19.8 Å². The Bertz CT molecular complexity index is 1090. The van der Waals surface area contributed by atoms with Crippen LogP contribution in [0, 0.1) is 0 Å². The fourth-order valence-electron chi connectivity index (χ4n) is 8.63. The molecule has 0 saturated heterocycles. The summed E-state index contributed by atoms with van der Waals surface area (Å²) in [5.41, 5.74) is 5.37. The van der Waals surface area contributed by atoms with E-state index < -0.39 is 26.5 Å². The van der Waals surface area contributed by atoms with Crippen molar-refractivity contribution in [3.05, 3.63) is 12.2 Å². The lowest BCUT2D eigenvalue weighted by Gasteiger charge is -2.19. The van der Waals surface area contributed by atoms with Crippen LogP contribution in [0.4, 0.5) is 0 Å². The Morgan fingerprint density at radius 3 is 1.08 bits per heavy atom. The van der Waals surface area contributed by atoms with Crippen LogP contribution in [0.5, 0.6) is 0 Å². The first-order chi connectivity index (χ1) is 32.3. The van der Waals surface area contributed by atoms with E-state index in [0.29, 0.717) is 6.42 Å². The fourth-order valence-corrected chi connectivity index (χ4v) is 9.40. The molecule has 3 N–H and O–H groups in total. The zero-order chi connectivity index (χ0) is 48.1. The lowest BCUT2D eigenvalue weighted by Crippen LogP contribution is -2.29. The maximum absolute atomic E-state index is 12.6. The van der Waals surface area contributed by atoms with Crippen molar-refractivity contribution in [1.82, 2.24) is 0 Å². The Balaban J connectivity index is 3.81. The van der Waals surface area contributed by atoms with E-state index in [0.717, 1.165) is 51.4 Å². The Morgan fingerprint density at radius 2 is 0.742 bits per heavy atom. The molecule has 0 amide bonds. The molecule has 0 aromatic carbocycles. The number of esters is 2. The molecule has 9 nitrogen and oxygen atoms in total. The molecule has 0 aliphatic rings. The Morgan fingerprint density at radius 1 is 0.439 bits per heavy atom. The van der Waals surface area contributed by atoms with E-state index in [9.17, 15) is 19.0 Å². The first kappa shape index (κ1) is 64.8. The number of rotatable bonds is 55. The van der Waals surface area contributed by atoms with Crippen molar-refractivity contribution in [2.24, 2.45) is 5.73 Å². The summed E-state index contributed by atoms with van der Waals surface area (Å²) in [6.07, 6.45) is 60.0. The van der Waals surface area contributed by atoms with Gasteiger partial charge in [0.05, 0.1) is 13.2 Å². The van der Waals surface area contributed by atoms with E-state index >= 15 is 0 Å². The summed E-state index contributed by atoms with van der Waals surface area (Å²) in [7, 11) is -4.38. The second-order valence-electron chi connectivity index (χ2n) is 19.5. The van der Waals surface area contributed by atoms with Crippen LogP contribution in [0.2, 0.25) is 0 Å². The Kier molecular flexibility index (Phi) is 52.1. The number of allylic oxidation sites excluding steroid dienone is 2. The van der Waals surface area contributed by atoms with Crippen LogP contribution in [0.1, 0.15) is 303 Å². The van der Waals surface area contributed by atoms with E-state index in [1.165, 1.54) is 218 Å². The second kappa shape index (κ2) is 53.1. The molecule has 66 heavy (non-hydrogen) atoms. The molecule has 10 heteroatoms. The summed E-state index contributed by atoms with van der Waals surface area (Å²) in [5, 5.41) is 0. The number of phosphoric acid groups is 1. The molecule has 0 aromatic heterocycles. The van der Waals surface area contributed by atoms with E-state index in [-0.39, 0.29) is 38.6 Å². The summed E-state index contributed by atoms with van der Waals surface area (Å²) in [4.78, 5) is 35.1. The van der Waals surface area contributed by atoms with Gasteiger partial charge in [0.2, 0.25) is 0 Å². The fraction of sp³-hybridized carbons (Fsp3) is 0.929. The maximum Gasteiger partial charge on any atom is 0.472 e. The summed E-state index contributed by atoms with van der Waals surface area (Å²) in [6.45, 7) is 3.77. The van der Waals surface area contributed by atoms with Crippen LogP contribution in [-0.2, 0) is 32.7 Å². The molecule has 0 rings (SSSR count). The molecular formula is C56H110NO8P. The van der Waals surface area contributed by atoms with Crippen LogP contribution >= 0.6 is 7.82 Å². The van der Waals surface area contributed by atoms with Gasteiger partial charge in [-0.15, -0.1) is 0 Å². The molecule has 2 atom stereocenters. The van der Waals surface area contributed by atoms with Crippen molar-refractivity contribution in [2.75, 3.05) is 26.4 Å². The molecule has 0 aliphatic carbocycles. The average molecular weight is 956 g/mol. The number of hydrogen-bond acceptors (Lipinski definition) is 8. The zero-order valence-electron chi connectivity index (χ0n) is 43.7. The molecule has 0 fully saturated rings. The molecule has 0 aromatic rings. The monoisotopic (exact) mass is 956 g/mol. The highest BCUT2D eigenvalue weighted by Gasteiger charge is 2.26. The number of nitrogens with two attached hydrogens (primary N) is 1. The smallest absolute Gasteiger partial charge is 0.462 e. The molecular weight excluding hydrogens is 846 g/mol. The van der Waals surface area contributed by atoms with Crippen molar-refractivity contribution in [2.45, 2.75) is 309 Å². The van der Waals surface area contributed by atoms with Crippen LogP contribution in [0.15, 0.2) is 12.2 Å². The van der Waals surface area contributed by atoms with E-state index in [2.05, 4.69) is 26.0 Å². The van der Waals surface area contributed by atoms with Crippen molar-refractivity contribution < 1.29 is 37.6 Å². The van der Waals surface area contributed by atoms with Gasteiger partial charge in [-0.05, 0) is 38.5 Å². The van der Waals surface area contributed by atoms with Gasteiger partial charge in [0, 0.05) is 19.4 Å². The number of hydrogen-bond donors (Lipinski definition) is 2. The molecule has 0 bridgehead atoms. The molecule has 2 unspecified atom stereocenters. The number of unbranched alkanes of at least 4 members (excludes halogenated alkanes) is 40. The van der Waals surface area contributed by atoms with Crippen molar-refractivity contribution >= 4 is 19.8 Å². The SMILES string of the molecule is CCCCCCC/C=C\CCCCCCCC(=O)OC(COC(=O)CCCCCCCCCCCCCCCCCCCCCCCCCCCCCCCCC)COP(=O)(O)OCCN. The van der Waals surface area contributed by atoms with E-state index in [1.54, 1.807) is 0 Å². The van der Waals surface area contributed by atoms with Crippen LogP contribution < -0.4 is 5.73 Å². The van der Waals surface area contributed by atoms with Crippen molar-refractivity contribution in [1.29, 1.82) is 0 Å². The van der Waals surface area contributed by atoms with Crippen molar-refractivity contribution in [3.8, 4) is 0 Å². The normalized spacial score (nSPS) is 13.1. The molecule has 0 radical (unpaired) electrons. The highest BCUT2D eigenvalue weighted by molar-refractivity contribution is 7.47. The summed E-state index contributed by atoms with van der Waals surface area (Å²) in [5.74, 6) is -0.821. The lowest BCUT2D eigenvalue weighted by molar-refractivity contribution is -0.161. The van der Waals surface area contributed by atoms with Crippen LogP contribution in [0.3, 0.4) is 0 Å². The predicted octanol–water partition coefficient (Wildman–Crippen LogP) is 17.7. The lowest BCUT2D eigenvalue weighted by atomic mass is 10.0.